The number of amides is 1. The van der Waals surface area contributed by atoms with E-state index in [9.17, 15) is 4.79 Å². The van der Waals surface area contributed by atoms with Crippen molar-refractivity contribution in [1.29, 1.82) is 0 Å². The van der Waals surface area contributed by atoms with E-state index in [1.54, 1.807) is 11.9 Å². The lowest BCUT2D eigenvalue weighted by atomic mass is 10.0. The average Bonchev–Trinajstić information content (AvgIpc) is 3.04. The Bertz CT molecular complexity index is 449. The Labute approximate surface area is 127 Å². The second kappa shape index (κ2) is 7.24. The van der Waals surface area contributed by atoms with Gasteiger partial charge in [-0.1, -0.05) is 6.92 Å². The summed E-state index contributed by atoms with van der Waals surface area (Å²) in [5, 5.41) is 3.38. The van der Waals surface area contributed by atoms with Crippen LogP contribution in [0, 0.1) is 5.92 Å². The molecule has 0 spiro atoms. The van der Waals surface area contributed by atoms with Crippen LogP contribution < -0.4 is 5.32 Å². The molecule has 0 aliphatic carbocycles. The van der Waals surface area contributed by atoms with Crippen LogP contribution in [0.5, 0.6) is 0 Å². The fraction of sp³-hybridized carbons (Fsp3) is 0.643. The molecule has 1 aromatic rings. The molecule has 0 radical (unpaired) electrons. The number of nitrogens with zero attached hydrogens (tertiary/aromatic N) is 1. The first-order valence-electron chi connectivity index (χ1n) is 6.92. The predicted molar refractivity (Wildman–Crippen MR) is 79.3 cm³/mol. The molecule has 2 atom stereocenters. The normalized spacial score (nSPS) is 22.1. The lowest BCUT2D eigenvalue weighted by molar-refractivity contribution is -0.135. The molecular weight excluding hydrogens is 324 g/mol. The molecule has 2 heterocycles. The van der Waals surface area contributed by atoms with Crippen LogP contribution in [0.4, 0.5) is 0 Å². The van der Waals surface area contributed by atoms with E-state index in [1.807, 2.05) is 12.1 Å². The number of hydrogen-bond acceptors (Lipinski definition) is 4. The summed E-state index contributed by atoms with van der Waals surface area (Å²) in [6.45, 7) is 4.59. The van der Waals surface area contributed by atoms with Gasteiger partial charge >= 0.3 is 0 Å². The van der Waals surface area contributed by atoms with Gasteiger partial charge in [-0.25, -0.2) is 0 Å². The molecule has 2 rings (SSSR count). The molecule has 0 saturated carbocycles. The van der Waals surface area contributed by atoms with Gasteiger partial charge in [-0.05, 0) is 41.0 Å². The van der Waals surface area contributed by atoms with Crippen LogP contribution in [0.3, 0.4) is 0 Å². The SMILES string of the molecule is CCCNC1COCC1C(=O)N(C)Cc1ccc(Br)o1. The Morgan fingerprint density at radius 1 is 1.50 bits per heavy atom. The first kappa shape index (κ1) is 15.5. The Hall–Kier alpha value is -0.850. The van der Waals surface area contributed by atoms with Crippen LogP contribution in [0.25, 0.3) is 0 Å². The molecule has 1 aliphatic heterocycles. The molecule has 5 nitrogen and oxygen atoms in total. The molecule has 1 saturated heterocycles. The van der Waals surface area contributed by atoms with Gasteiger partial charge in [0, 0.05) is 13.1 Å². The van der Waals surface area contributed by atoms with Crippen molar-refractivity contribution < 1.29 is 13.9 Å². The molecule has 1 amide bonds. The van der Waals surface area contributed by atoms with E-state index < -0.39 is 0 Å². The van der Waals surface area contributed by atoms with Gasteiger partial charge in [-0.2, -0.15) is 0 Å². The summed E-state index contributed by atoms with van der Waals surface area (Å²) in [6, 6.07) is 3.82. The topological polar surface area (TPSA) is 54.7 Å². The van der Waals surface area contributed by atoms with Crippen LogP contribution in [-0.2, 0) is 16.1 Å². The Morgan fingerprint density at radius 3 is 2.95 bits per heavy atom. The quantitative estimate of drug-likeness (QED) is 0.857. The number of ether oxygens (including phenoxy) is 1. The van der Waals surface area contributed by atoms with Gasteiger partial charge in [-0.15, -0.1) is 0 Å². The van der Waals surface area contributed by atoms with Crippen molar-refractivity contribution in [3.63, 3.8) is 0 Å². The van der Waals surface area contributed by atoms with Crippen molar-refractivity contribution in [3.05, 3.63) is 22.6 Å². The van der Waals surface area contributed by atoms with Crippen molar-refractivity contribution in [2.24, 2.45) is 5.92 Å². The van der Waals surface area contributed by atoms with Gasteiger partial charge in [0.15, 0.2) is 4.67 Å². The summed E-state index contributed by atoms with van der Waals surface area (Å²) in [4.78, 5) is 14.2. The largest absolute Gasteiger partial charge is 0.452 e. The molecule has 1 aromatic heterocycles. The Kier molecular flexibility index (Phi) is 5.63. The smallest absolute Gasteiger partial charge is 0.229 e. The van der Waals surface area contributed by atoms with E-state index >= 15 is 0 Å². The lowest BCUT2D eigenvalue weighted by Crippen LogP contribution is -2.44. The maximum atomic E-state index is 12.5. The van der Waals surface area contributed by atoms with Crippen molar-refractivity contribution in [2.75, 3.05) is 26.8 Å². The van der Waals surface area contributed by atoms with Gasteiger partial charge in [0.05, 0.1) is 25.7 Å². The zero-order chi connectivity index (χ0) is 14.5. The molecule has 1 fully saturated rings. The number of carbonyl (C=O) groups is 1. The summed E-state index contributed by atoms with van der Waals surface area (Å²) in [5.41, 5.74) is 0. The van der Waals surface area contributed by atoms with Crippen molar-refractivity contribution in [2.45, 2.75) is 25.9 Å². The number of halogens is 1. The van der Waals surface area contributed by atoms with Crippen LogP contribution in [0.2, 0.25) is 0 Å². The Balaban J connectivity index is 1.91. The highest BCUT2D eigenvalue weighted by molar-refractivity contribution is 9.10. The number of hydrogen-bond donors (Lipinski definition) is 1. The van der Waals surface area contributed by atoms with Crippen molar-refractivity contribution >= 4 is 21.8 Å². The first-order valence-corrected chi connectivity index (χ1v) is 7.71. The number of carbonyl (C=O) groups excluding carboxylic acids is 1. The third kappa shape index (κ3) is 3.84. The zero-order valence-electron chi connectivity index (χ0n) is 11.9. The molecule has 112 valence electrons. The van der Waals surface area contributed by atoms with E-state index in [1.165, 1.54) is 0 Å². The maximum Gasteiger partial charge on any atom is 0.229 e. The minimum Gasteiger partial charge on any atom is -0.452 e. The Morgan fingerprint density at radius 2 is 2.30 bits per heavy atom. The predicted octanol–water partition coefficient (Wildman–Crippen LogP) is 2.02. The summed E-state index contributed by atoms with van der Waals surface area (Å²) in [5.74, 6) is 0.762. The maximum absolute atomic E-state index is 12.5. The number of rotatable bonds is 6. The molecule has 20 heavy (non-hydrogen) atoms. The van der Waals surface area contributed by atoms with Crippen LogP contribution in [0.1, 0.15) is 19.1 Å². The minimum atomic E-state index is -0.107. The third-order valence-electron chi connectivity index (χ3n) is 3.45. The lowest BCUT2D eigenvalue weighted by Gasteiger charge is -2.23. The molecule has 0 aromatic carbocycles. The standard InChI is InChI=1S/C14H21BrN2O3/c1-3-6-16-12-9-19-8-11(12)14(18)17(2)7-10-4-5-13(15)20-10/h4-5,11-12,16H,3,6-9H2,1-2H3. The van der Waals surface area contributed by atoms with Crippen LogP contribution >= 0.6 is 15.9 Å². The van der Waals surface area contributed by atoms with Gasteiger partial charge in [-0.3, -0.25) is 4.79 Å². The van der Waals surface area contributed by atoms with Crippen LogP contribution in [0.15, 0.2) is 21.2 Å². The second-order valence-electron chi connectivity index (χ2n) is 5.10. The van der Waals surface area contributed by atoms with E-state index in [0.29, 0.717) is 24.4 Å². The fourth-order valence-corrected chi connectivity index (χ4v) is 2.70. The summed E-state index contributed by atoms with van der Waals surface area (Å²) < 4.78 is 11.6. The monoisotopic (exact) mass is 344 g/mol. The first-order chi connectivity index (χ1) is 9.61. The van der Waals surface area contributed by atoms with Crippen molar-refractivity contribution in [1.82, 2.24) is 10.2 Å². The van der Waals surface area contributed by atoms with Crippen LogP contribution in [-0.4, -0.2) is 43.7 Å². The summed E-state index contributed by atoms with van der Waals surface area (Å²) >= 11 is 3.26. The third-order valence-corrected chi connectivity index (χ3v) is 3.88. The summed E-state index contributed by atoms with van der Waals surface area (Å²) in [6.07, 6.45) is 1.05. The van der Waals surface area contributed by atoms with E-state index in [0.717, 1.165) is 18.7 Å². The highest BCUT2D eigenvalue weighted by atomic mass is 79.9. The molecule has 1 aliphatic rings. The molecule has 1 N–H and O–H groups in total. The van der Waals surface area contributed by atoms with Crippen molar-refractivity contribution in [3.8, 4) is 0 Å². The molecule has 6 heteroatoms. The minimum absolute atomic E-state index is 0.101. The van der Waals surface area contributed by atoms with Gasteiger partial charge in [0.1, 0.15) is 5.76 Å². The van der Waals surface area contributed by atoms with Gasteiger partial charge in [0.25, 0.3) is 0 Å². The van der Waals surface area contributed by atoms with Gasteiger partial charge < -0.3 is 19.4 Å². The molecular formula is C14H21BrN2O3. The summed E-state index contributed by atoms with van der Waals surface area (Å²) in [7, 11) is 1.80. The molecule has 0 bridgehead atoms. The number of nitrogens with one attached hydrogen (secondary N) is 1. The number of furan rings is 1. The zero-order valence-corrected chi connectivity index (χ0v) is 13.5. The highest BCUT2D eigenvalue weighted by Crippen LogP contribution is 2.19. The van der Waals surface area contributed by atoms with E-state index in [4.69, 9.17) is 9.15 Å². The van der Waals surface area contributed by atoms with Gasteiger partial charge in [0.2, 0.25) is 5.91 Å². The fourth-order valence-electron chi connectivity index (χ4n) is 2.36. The second-order valence-corrected chi connectivity index (χ2v) is 5.89. The average molecular weight is 345 g/mol. The highest BCUT2D eigenvalue weighted by Gasteiger charge is 2.35. The van der Waals surface area contributed by atoms with E-state index in [-0.39, 0.29) is 17.9 Å². The molecule has 2 unspecified atom stereocenters. The van der Waals surface area contributed by atoms with E-state index in [2.05, 4.69) is 28.2 Å².